The topological polar surface area (TPSA) is 42.0 Å². The second-order valence-electron chi connectivity index (χ2n) is 3.93. The maximum absolute atomic E-state index is 12.0. The Kier molecular flexibility index (Phi) is 4.82. The number of aromatic nitrogens is 1. The highest BCUT2D eigenvalue weighted by Crippen LogP contribution is 2.22. The molecule has 0 saturated heterocycles. The van der Waals surface area contributed by atoms with Crippen LogP contribution in [0.15, 0.2) is 53.7 Å². The van der Waals surface area contributed by atoms with E-state index in [0.29, 0.717) is 10.7 Å². The molecule has 0 radical (unpaired) electrons. The zero-order chi connectivity index (χ0) is 13.7. The minimum Gasteiger partial charge on any atom is -0.325 e. The molecular formula is C14H13ClN2OS. The van der Waals surface area contributed by atoms with Gasteiger partial charge in [0.05, 0.1) is 10.3 Å². The van der Waals surface area contributed by atoms with Crippen LogP contribution in [0.4, 0.5) is 5.69 Å². The molecule has 5 heteroatoms. The van der Waals surface area contributed by atoms with Gasteiger partial charge in [-0.25, -0.2) is 4.98 Å². The van der Waals surface area contributed by atoms with Crippen LogP contribution >= 0.6 is 23.4 Å². The number of amides is 1. The highest BCUT2D eigenvalue weighted by molar-refractivity contribution is 8.00. The van der Waals surface area contributed by atoms with Gasteiger partial charge in [-0.05, 0) is 37.3 Å². The van der Waals surface area contributed by atoms with Gasteiger partial charge < -0.3 is 5.32 Å². The fraction of sp³-hybridized carbons (Fsp3) is 0.143. The summed E-state index contributed by atoms with van der Waals surface area (Å²) >= 11 is 7.29. The number of rotatable bonds is 4. The molecule has 0 aliphatic heterocycles. The lowest BCUT2D eigenvalue weighted by molar-refractivity contribution is -0.115. The van der Waals surface area contributed by atoms with Crippen molar-refractivity contribution in [2.45, 2.75) is 17.2 Å². The SMILES string of the molecule is C[C@@H](Sc1ccccn1)C(=O)Nc1cccc(Cl)c1. The van der Waals surface area contributed by atoms with Gasteiger partial charge in [-0.15, -0.1) is 0 Å². The third kappa shape index (κ3) is 4.26. The molecule has 1 heterocycles. The van der Waals surface area contributed by atoms with E-state index < -0.39 is 0 Å². The molecule has 0 aliphatic rings. The standard InChI is InChI=1S/C14H13ClN2OS/c1-10(19-13-7-2-3-8-16-13)14(18)17-12-6-4-5-11(15)9-12/h2-10H,1H3,(H,17,18)/t10-/m1/s1. The molecule has 1 N–H and O–H groups in total. The Morgan fingerprint density at radius 3 is 2.84 bits per heavy atom. The van der Waals surface area contributed by atoms with E-state index in [1.807, 2.05) is 31.2 Å². The van der Waals surface area contributed by atoms with Crippen molar-refractivity contribution in [2.24, 2.45) is 0 Å². The van der Waals surface area contributed by atoms with Crippen molar-refractivity contribution < 1.29 is 4.79 Å². The van der Waals surface area contributed by atoms with E-state index in [4.69, 9.17) is 11.6 Å². The van der Waals surface area contributed by atoms with Gasteiger partial charge in [-0.1, -0.05) is 35.5 Å². The Balaban J connectivity index is 1.96. The molecule has 0 unspecified atom stereocenters. The number of benzene rings is 1. The van der Waals surface area contributed by atoms with E-state index >= 15 is 0 Å². The molecule has 0 spiro atoms. The molecule has 1 amide bonds. The van der Waals surface area contributed by atoms with Gasteiger partial charge in [0.25, 0.3) is 0 Å². The Morgan fingerprint density at radius 1 is 1.32 bits per heavy atom. The number of carbonyl (C=O) groups excluding carboxylic acids is 1. The van der Waals surface area contributed by atoms with E-state index in [2.05, 4.69) is 10.3 Å². The number of hydrogen-bond donors (Lipinski definition) is 1. The van der Waals surface area contributed by atoms with Crippen LogP contribution in [0.25, 0.3) is 0 Å². The van der Waals surface area contributed by atoms with E-state index in [0.717, 1.165) is 5.03 Å². The summed E-state index contributed by atoms with van der Waals surface area (Å²) in [6.45, 7) is 1.85. The first-order chi connectivity index (χ1) is 9.15. The molecule has 0 bridgehead atoms. The van der Waals surface area contributed by atoms with Gasteiger partial charge in [0.1, 0.15) is 0 Å². The number of halogens is 1. The van der Waals surface area contributed by atoms with Gasteiger partial charge in [-0.3, -0.25) is 4.79 Å². The summed E-state index contributed by atoms with van der Waals surface area (Å²) in [6.07, 6.45) is 1.71. The largest absolute Gasteiger partial charge is 0.325 e. The van der Waals surface area contributed by atoms with Crippen LogP contribution in [0.5, 0.6) is 0 Å². The van der Waals surface area contributed by atoms with Gasteiger partial charge in [-0.2, -0.15) is 0 Å². The summed E-state index contributed by atoms with van der Waals surface area (Å²) in [5, 5.41) is 4.03. The smallest absolute Gasteiger partial charge is 0.237 e. The molecule has 0 aliphatic carbocycles. The first kappa shape index (κ1) is 13.9. The van der Waals surface area contributed by atoms with Crippen LogP contribution in [-0.4, -0.2) is 16.1 Å². The molecule has 2 aromatic rings. The number of thioether (sulfide) groups is 1. The van der Waals surface area contributed by atoms with Crippen LogP contribution in [0, 0.1) is 0 Å². The maximum Gasteiger partial charge on any atom is 0.237 e. The van der Waals surface area contributed by atoms with Crippen molar-refractivity contribution >= 4 is 35.0 Å². The zero-order valence-corrected chi connectivity index (χ0v) is 11.9. The average molecular weight is 293 g/mol. The number of anilines is 1. The lowest BCUT2D eigenvalue weighted by Gasteiger charge is -2.11. The third-order valence-electron chi connectivity index (χ3n) is 2.40. The van der Waals surface area contributed by atoms with Crippen LogP contribution in [-0.2, 0) is 4.79 Å². The quantitative estimate of drug-likeness (QED) is 0.870. The lowest BCUT2D eigenvalue weighted by atomic mass is 10.3. The predicted octanol–water partition coefficient (Wildman–Crippen LogP) is 3.85. The molecule has 19 heavy (non-hydrogen) atoms. The van der Waals surface area contributed by atoms with Crippen molar-refractivity contribution in [1.29, 1.82) is 0 Å². The van der Waals surface area contributed by atoms with Gasteiger partial charge in [0.15, 0.2) is 0 Å². The molecule has 2 rings (SSSR count). The number of nitrogens with one attached hydrogen (secondary N) is 1. The van der Waals surface area contributed by atoms with Crippen molar-refractivity contribution in [3.8, 4) is 0 Å². The van der Waals surface area contributed by atoms with E-state index in [1.54, 1.807) is 24.4 Å². The normalized spacial score (nSPS) is 11.9. The van der Waals surface area contributed by atoms with Crippen LogP contribution in [0.1, 0.15) is 6.92 Å². The summed E-state index contributed by atoms with van der Waals surface area (Å²) in [6, 6.07) is 12.7. The zero-order valence-electron chi connectivity index (χ0n) is 10.3. The van der Waals surface area contributed by atoms with Crippen molar-refractivity contribution in [1.82, 2.24) is 4.98 Å². The Hall–Kier alpha value is -1.52. The second kappa shape index (κ2) is 6.59. The Bertz CT molecular complexity index is 562. The summed E-state index contributed by atoms with van der Waals surface area (Å²) in [5.41, 5.74) is 0.700. The molecule has 1 atom stereocenters. The summed E-state index contributed by atoms with van der Waals surface area (Å²) in [7, 11) is 0. The molecular weight excluding hydrogens is 280 g/mol. The second-order valence-corrected chi connectivity index (χ2v) is 5.73. The molecule has 98 valence electrons. The van der Waals surface area contributed by atoms with Crippen LogP contribution in [0.3, 0.4) is 0 Å². The molecule has 0 fully saturated rings. The maximum atomic E-state index is 12.0. The van der Waals surface area contributed by atoms with Crippen molar-refractivity contribution in [3.05, 3.63) is 53.7 Å². The van der Waals surface area contributed by atoms with Crippen LogP contribution in [0.2, 0.25) is 5.02 Å². The minimum absolute atomic E-state index is 0.0714. The average Bonchev–Trinajstić information content (AvgIpc) is 2.40. The number of nitrogens with zero attached hydrogens (tertiary/aromatic N) is 1. The van der Waals surface area contributed by atoms with E-state index in [-0.39, 0.29) is 11.2 Å². The molecule has 1 aromatic heterocycles. The van der Waals surface area contributed by atoms with Crippen molar-refractivity contribution in [2.75, 3.05) is 5.32 Å². The minimum atomic E-state index is -0.228. The number of hydrogen-bond acceptors (Lipinski definition) is 3. The van der Waals surface area contributed by atoms with Crippen LogP contribution < -0.4 is 5.32 Å². The van der Waals surface area contributed by atoms with E-state index in [1.165, 1.54) is 11.8 Å². The summed E-state index contributed by atoms with van der Waals surface area (Å²) in [5.74, 6) is -0.0714. The number of pyridine rings is 1. The molecule has 1 aromatic carbocycles. The van der Waals surface area contributed by atoms with E-state index in [9.17, 15) is 4.79 Å². The molecule has 3 nitrogen and oxygen atoms in total. The fourth-order valence-corrected chi connectivity index (χ4v) is 2.46. The third-order valence-corrected chi connectivity index (χ3v) is 3.68. The first-order valence-corrected chi connectivity index (χ1v) is 7.05. The summed E-state index contributed by atoms with van der Waals surface area (Å²) in [4.78, 5) is 16.2. The van der Waals surface area contributed by atoms with Crippen molar-refractivity contribution in [3.63, 3.8) is 0 Å². The predicted molar refractivity (Wildman–Crippen MR) is 79.6 cm³/mol. The van der Waals surface area contributed by atoms with Gasteiger partial charge in [0, 0.05) is 16.9 Å². The highest BCUT2D eigenvalue weighted by Gasteiger charge is 2.15. The van der Waals surface area contributed by atoms with Gasteiger partial charge >= 0.3 is 0 Å². The monoisotopic (exact) mass is 292 g/mol. The van der Waals surface area contributed by atoms with Gasteiger partial charge in [0.2, 0.25) is 5.91 Å². The Morgan fingerprint density at radius 2 is 2.16 bits per heavy atom. The highest BCUT2D eigenvalue weighted by atomic mass is 35.5. The Labute approximate surface area is 121 Å². The number of carbonyl (C=O) groups is 1. The first-order valence-electron chi connectivity index (χ1n) is 5.79. The summed E-state index contributed by atoms with van der Waals surface area (Å²) < 4.78 is 0. The lowest BCUT2D eigenvalue weighted by Crippen LogP contribution is -2.22. The fourth-order valence-electron chi connectivity index (χ4n) is 1.46. The molecule has 0 saturated carbocycles.